The Morgan fingerprint density at radius 1 is 1.07 bits per heavy atom. The van der Waals surface area contributed by atoms with Crippen molar-refractivity contribution in [1.29, 1.82) is 0 Å². The van der Waals surface area contributed by atoms with Gasteiger partial charge in [-0.1, -0.05) is 42.5 Å². The molecular formula is C21H25FN2O4S. The first-order valence-corrected chi connectivity index (χ1v) is 11.4. The number of para-hydroxylation sites is 1. The van der Waals surface area contributed by atoms with Crippen LogP contribution in [0, 0.1) is 5.82 Å². The van der Waals surface area contributed by atoms with Crippen LogP contribution in [0.15, 0.2) is 54.6 Å². The summed E-state index contributed by atoms with van der Waals surface area (Å²) in [7, 11) is -3.03. The molecule has 1 aliphatic heterocycles. The number of hydrogen-bond acceptors (Lipinski definition) is 5. The van der Waals surface area contributed by atoms with Gasteiger partial charge in [0.15, 0.2) is 21.4 Å². The molecule has 0 aromatic heterocycles. The van der Waals surface area contributed by atoms with E-state index in [1.807, 2.05) is 35.2 Å². The van der Waals surface area contributed by atoms with Crippen molar-refractivity contribution < 1.29 is 22.3 Å². The van der Waals surface area contributed by atoms with Gasteiger partial charge in [-0.15, -0.1) is 0 Å². The van der Waals surface area contributed by atoms with Crippen molar-refractivity contribution in [3.05, 3.63) is 66.0 Å². The number of nitrogens with one attached hydrogen (secondary N) is 1. The monoisotopic (exact) mass is 420 g/mol. The van der Waals surface area contributed by atoms with Gasteiger partial charge in [0.1, 0.15) is 6.04 Å². The van der Waals surface area contributed by atoms with Crippen molar-refractivity contribution >= 4 is 15.7 Å². The first-order valence-electron chi connectivity index (χ1n) is 9.61. The number of benzene rings is 2. The lowest BCUT2D eigenvalue weighted by Crippen LogP contribution is -2.47. The first-order chi connectivity index (χ1) is 14.0. The Balaban J connectivity index is 1.55. The number of rotatable bonds is 8. The van der Waals surface area contributed by atoms with Crippen molar-refractivity contribution in [3.63, 3.8) is 0 Å². The fourth-order valence-electron chi connectivity index (χ4n) is 3.27. The molecule has 0 radical (unpaired) electrons. The maximum Gasteiger partial charge on any atom is 0.241 e. The Labute approximate surface area is 170 Å². The molecular weight excluding hydrogens is 395 g/mol. The average Bonchev–Trinajstić information content (AvgIpc) is 2.71. The largest absolute Gasteiger partial charge is 0.490 e. The Bertz CT molecular complexity index is 907. The third-order valence-corrected chi connectivity index (χ3v) is 6.43. The Morgan fingerprint density at radius 2 is 1.72 bits per heavy atom. The van der Waals surface area contributed by atoms with Gasteiger partial charge in [0.2, 0.25) is 5.91 Å². The number of nitrogens with zero attached hydrogens (tertiary/aromatic N) is 1. The summed E-state index contributed by atoms with van der Waals surface area (Å²) in [6.45, 7) is 1.30. The summed E-state index contributed by atoms with van der Waals surface area (Å²) in [4.78, 5) is 14.8. The van der Waals surface area contributed by atoms with Crippen LogP contribution in [0.4, 0.5) is 4.39 Å². The van der Waals surface area contributed by atoms with E-state index in [4.69, 9.17) is 4.74 Å². The minimum absolute atomic E-state index is 0.0556. The van der Waals surface area contributed by atoms with Crippen LogP contribution in [0.1, 0.15) is 18.0 Å². The lowest BCUT2D eigenvalue weighted by Gasteiger charge is -2.33. The van der Waals surface area contributed by atoms with Gasteiger partial charge in [0.25, 0.3) is 0 Å². The van der Waals surface area contributed by atoms with Gasteiger partial charge in [-0.3, -0.25) is 9.69 Å². The standard InChI is InChI=1S/C21H25FN2O4S/c22-18-9-4-5-10-19(18)28-14-6-11-23-21(25)20(17-7-2-1-3-8-17)24-12-15-29(26,27)16-13-24/h1-5,7-10,20H,6,11-16H2,(H,23,25). The summed E-state index contributed by atoms with van der Waals surface area (Å²) in [5.41, 5.74) is 0.826. The Hall–Kier alpha value is -2.45. The SMILES string of the molecule is O=C(NCCCOc1ccccc1F)C(c1ccccc1)N1CCS(=O)(=O)CC1. The highest BCUT2D eigenvalue weighted by Crippen LogP contribution is 2.23. The lowest BCUT2D eigenvalue weighted by atomic mass is 10.0. The zero-order valence-corrected chi connectivity index (χ0v) is 16.9. The van der Waals surface area contributed by atoms with Crippen LogP contribution in [0.2, 0.25) is 0 Å². The molecule has 1 heterocycles. The fourth-order valence-corrected chi connectivity index (χ4v) is 4.50. The molecule has 1 amide bonds. The van der Waals surface area contributed by atoms with Gasteiger partial charge in [-0.2, -0.15) is 0 Å². The summed E-state index contributed by atoms with van der Waals surface area (Å²) >= 11 is 0. The molecule has 1 aliphatic rings. The molecule has 8 heteroatoms. The van der Waals surface area contributed by atoms with E-state index < -0.39 is 21.7 Å². The first kappa shape index (κ1) is 21.3. The van der Waals surface area contributed by atoms with Crippen molar-refractivity contribution in [3.8, 4) is 5.75 Å². The third-order valence-electron chi connectivity index (χ3n) is 4.82. The summed E-state index contributed by atoms with van der Waals surface area (Å²) in [5.74, 6) is -0.294. The van der Waals surface area contributed by atoms with E-state index >= 15 is 0 Å². The molecule has 1 fully saturated rings. The van der Waals surface area contributed by atoms with E-state index in [9.17, 15) is 17.6 Å². The second-order valence-corrected chi connectivity index (χ2v) is 9.23. The quantitative estimate of drug-likeness (QED) is 0.663. The smallest absolute Gasteiger partial charge is 0.241 e. The fraction of sp³-hybridized carbons (Fsp3) is 0.381. The van der Waals surface area contributed by atoms with Crippen molar-refractivity contribution in [2.24, 2.45) is 0 Å². The Kier molecular flexibility index (Phi) is 7.22. The molecule has 2 aromatic carbocycles. The maximum atomic E-state index is 13.5. The lowest BCUT2D eigenvalue weighted by molar-refractivity contribution is -0.126. The molecule has 2 aromatic rings. The predicted octanol–water partition coefficient (Wildman–Crippen LogP) is 2.18. The van der Waals surface area contributed by atoms with Gasteiger partial charge < -0.3 is 10.1 Å². The van der Waals surface area contributed by atoms with Crippen LogP contribution in [0.25, 0.3) is 0 Å². The number of amides is 1. The van der Waals surface area contributed by atoms with E-state index in [1.165, 1.54) is 6.07 Å². The van der Waals surface area contributed by atoms with Gasteiger partial charge in [-0.25, -0.2) is 12.8 Å². The van der Waals surface area contributed by atoms with Crippen LogP contribution in [-0.2, 0) is 14.6 Å². The minimum Gasteiger partial charge on any atom is -0.490 e. The number of carbonyl (C=O) groups is 1. The molecule has 1 saturated heterocycles. The maximum absolute atomic E-state index is 13.5. The molecule has 0 bridgehead atoms. The van der Waals surface area contributed by atoms with E-state index in [-0.39, 0.29) is 29.8 Å². The molecule has 29 heavy (non-hydrogen) atoms. The zero-order valence-electron chi connectivity index (χ0n) is 16.1. The molecule has 6 nitrogen and oxygen atoms in total. The molecule has 1 unspecified atom stereocenters. The average molecular weight is 421 g/mol. The topological polar surface area (TPSA) is 75.7 Å². The summed E-state index contributed by atoms with van der Waals surface area (Å²) in [6.07, 6.45) is 0.524. The number of halogens is 1. The normalized spacial score (nSPS) is 17.4. The second kappa shape index (κ2) is 9.84. The zero-order chi connectivity index (χ0) is 20.7. The number of carbonyl (C=O) groups excluding carboxylic acids is 1. The molecule has 1 N–H and O–H groups in total. The Morgan fingerprint density at radius 3 is 2.41 bits per heavy atom. The van der Waals surface area contributed by atoms with Crippen LogP contribution in [0.5, 0.6) is 5.75 Å². The number of sulfone groups is 1. The van der Waals surface area contributed by atoms with E-state index in [0.29, 0.717) is 26.1 Å². The van der Waals surface area contributed by atoms with Crippen molar-refractivity contribution in [1.82, 2.24) is 10.2 Å². The highest BCUT2D eigenvalue weighted by Gasteiger charge is 2.32. The predicted molar refractivity (Wildman–Crippen MR) is 109 cm³/mol. The second-order valence-electron chi connectivity index (χ2n) is 6.92. The summed E-state index contributed by atoms with van der Waals surface area (Å²) in [5, 5.41) is 2.90. The van der Waals surface area contributed by atoms with Crippen LogP contribution in [0.3, 0.4) is 0 Å². The minimum atomic E-state index is -3.03. The molecule has 0 spiro atoms. The third kappa shape index (κ3) is 6.01. The summed E-state index contributed by atoms with van der Waals surface area (Å²) in [6, 6.07) is 15.0. The molecule has 0 saturated carbocycles. The van der Waals surface area contributed by atoms with E-state index in [1.54, 1.807) is 18.2 Å². The molecule has 0 aliphatic carbocycles. The van der Waals surface area contributed by atoms with Crippen LogP contribution >= 0.6 is 0 Å². The van der Waals surface area contributed by atoms with E-state index in [2.05, 4.69) is 5.32 Å². The van der Waals surface area contributed by atoms with Gasteiger partial charge in [-0.05, 0) is 24.1 Å². The van der Waals surface area contributed by atoms with E-state index in [0.717, 1.165) is 5.56 Å². The highest BCUT2D eigenvalue weighted by molar-refractivity contribution is 7.91. The number of hydrogen-bond donors (Lipinski definition) is 1. The van der Waals surface area contributed by atoms with Crippen LogP contribution in [-0.4, -0.2) is 57.0 Å². The summed E-state index contributed by atoms with van der Waals surface area (Å²) < 4.78 is 42.4. The van der Waals surface area contributed by atoms with Crippen molar-refractivity contribution in [2.45, 2.75) is 12.5 Å². The van der Waals surface area contributed by atoms with Gasteiger partial charge >= 0.3 is 0 Å². The number of ether oxygens (including phenoxy) is 1. The molecule has 3 rings (SSSR count). The van der Waals surface area contributed by atoms with Crippen molar-refractivity contribution in [2.75, 3.05) is 37.7 Å². The van der Waals surface area contributed by atoms with Gasteiger partial charge in [0.05, 0.1) is 18.1 Å². The van der Waals surface area contributed by atoms with Crippen LogP contribution < -0.4 is 10.1 Å². The molecule has 1 atom stereocenters. The molecule has 156 valence electrons. The van der Waals surface area contributed by atoms with Gasteiger partial charge in [0, 0.05) is 19.6 Å². The highest BCUT2D eigenvalue weighted by atomic mass is 32.2.